The van der Waals surface area contributed by atoms with Crippen LogP contribution >= 0.6 is 0 Å². The number of likely N-dealkylation sites (N-methyl/N-ethyl adjacent to an activating group) is 1. The summed E-state index contributed by atoms with van der Waals surface area (Å²) in [5.41, 5.74) is 3.38. The first-order valence-electron chi connectivity index (χ1n) is 11.0. The Labute approximate surface area is 193 Å². The van der Waals surface area contributed by atoms with Crippen molar-refractivity contribution in [2.45, 2.75) is 12.5 Å². The van der Waals surface area contributed by atoms with Crippen LogP contribution < -0.4 is 10.1 Å². The maximum absolute atomic E-state index is 13.4. The number of nitrogens with zero attached hydrogens (tertiary/aromatic N) is 2. The quantitative estimate of drug-likeness (QED) is 0.615. The van der Waals surface area contributed by atoms with Gasteiger partial charge in [0, 0.05) is 13.6 Å². The highest BCUT2D eigenvalue weighted by molar-refractivity contribution is 6.01. The van der Waals surface area contributed by atoms with E-state index in [-0.39, 0.29) is 11.9 Å². The molecule has 1 unspecified atom stereocenters. The number of carbonyl (C=O) groups excluding carboxylic acids is 2. The summed E-state index contributed by atoms with van der Waals surface area (Å²) in [7, 11) is 1.71. The van der Waals surface area contributed by atoms with E-state index in [9.17, 15) is 9.59 Å². The predicted octanol–water partition coefficient (Wildman–Crippen LogP) is 4.51. The van der Waals surface area contributed by atoms with Gasteiger partial charge < -0.3 is 15.0 Å². The first-order chi connectivity index (χ1) is 16.1. The Bertz CT molecular complexity index is 1210. The van der Waals surface area contributed by atoms with Crippen LogP contribution in [0.5, 0.6) is 11.5 Å². The Hall–Kier alpha value is -4.06. The van der Waals surface area contributed by atoms with Crippen molar-refractivity contribution in [1.82, 2.24) is 15.1 Å². The zero-order valence-electron chi connectivity index (χ0n) is 18.4. The molecule has 3 aromatic carbocycles. The molecule has 2 aliphatic rings. The minimum Gasteiger partial charge on any atom is -0.457 e. The third kappa shape index (κ3) is 4.20. The average molecular weight is 440 g/mol. The molecule has 6 nitrogen and oxygen atoms in total. The van der Waals surface area contributed by atoms with E-state index in [2.05, 4.69) is 17.4 Å². The van der Waals surface area contributed by atoms with Crippen molar-refractivity contribution >= 4 is 11.9 Å². The van der Waals surface area contributed by atoms with Crippen molar-refractivity contribution in [3.63, 3.8) is 0 Å². The number of para-hydroxylation sites is 1. The van der Waals surface area contributed by atoms with E-state index in [4.69, 9.17) is 4.74 Å². The van der Waals surface area contributed by atoms with Crippen molar-refractivity contribution in [1.29, 1.82) is 0 Å². The highest BCUT2D eigenvalue weighted by atomic mass is 16.5. The fraction of sp³-hybridized carbons (Fsp3) is 0.185. The molecule has 0 fully saturated rings. The number of benzene rings is 3. The lowest BCUT2D eigenvalue weighted by Crippen LogP contribution is -2.45. The van der Waals surface area contributed by atoms with Crippen LogP contribution in [-0.2, 0) is 11.2 Å². The maximum Gasteiger partial charge on any atom is 0.322 e. The van der Waals surface area contributed by atoms with Crippen LogP contribution in [0.1, 0.15) is 17.2 Å². The van der Waals surface area contributed by atoms with E-state index in [1.807, 2.05) is 77.7 Å². The van der Waals surface area contributed by atoms with Gasteiger partial charge in [0.2, 0.25) is 0 Å². The fourth-order valence-corrected chi connectivity index (χ4v) is 4.34. The molecule has 6 heteroatoms. The molecule has 0 saturated heterocycles. The molecule has 0 radical (unpaired) electrons. The van der Waals surface area contributed by atoms with Crippen LogP contribution in [0.2, 0.25) is 0 Å². The van der Waals surface area contributed by atoms with Gasteiger partial charge in [-0.25, -0.2) is 4.79 Å². The van der Waals surface area contributed by atoms with Crippen LogP contribution in [0.25, 0.3) is 0 Å². The molecule has 0 saturated carbocycles. The molecule has 3 aromatic rings. The van der Waals surface area contributed by atoms with Gasteiger partial charge in [0.25, 0.3) is 5.91 Å². The molecule has 0 aliphatic carbocycles. The minimum atomic E-state index is -0.516. The minimum absolute atomic E-state index is 0.0350. The molecule has 3 amide bonds. The van der Waals surface area contributed by atoms with Gasteiger partial charge in [-0.1, -0.05) is 60.7 Å². The number of amides is 3. The van der Waals surface area contributed by atoms with Gasteiger partial charge in [-0.05, 0) is 41.8 Å². The van der Waals surface area contributed by atoms with E-state index in [0.717, 1.165) is 23.4 Å². The Balaban J connectivity index is 1.39. The molecular weight excluding hydrogens is 414 g/mol. The van der Waals surface area contributed by atoms with E-state index in [1.54, 1.807) is 11.9 Å². The molecule has 1 N–H and O–H groups in total. The number of hydrogen-bond donors (Lipinski definition) is 1. The van der Waals surface area contributed by atoms with E-state index >= 15 is 0 Å². The summed E-state index contributed by atoms with van der Waals surface area (Å²) in [6, 6.07) is 26.4. The SMILES string of the molecule is CN1C(=O)NC(c2cccc(Oc3ccccc3)c2)C2=C1CN(CCc1ccccc1)C2=O. The normalized spacial score (nSPS) is 17.8. The van der Waals surface area contributed by atoms with Crippen LogP contribution in [0.3, 0.4) is 0 Å². The van der Waals surface area contributed by atoms with Gasteiger partial charge in [-0.2, -0.15) is 0 Å². The summed E-state index contributed by atoms with van der Waals surface area (Å²) in [6.45, 7) is 1.03. The van der Waals surface area contributed by atoms with Crippen LogP contribution in [-0.4, -0.2) is 41.9 Å². The van der Waals surface area contributed by atoms with Gasteiger partial charge in [-0.15, -0.1) is 0 Å². The van der Waals surface area contributed by atoms with Crippen LogP contribution in [0.4, 0.5) is 4.79 Å². The molecule has 0 aromatic heterocycles. The summed E-state index contributed by atoms with van der Waals surface area (Å²) in [5.74, 6) is 1.35. The molecule has 0 spiro atoms. The largest absolute Gasteiger partial charge is 0.457 e. The zero-order valence-corrected chi connectivity index (χ0v) is 18.4. The van der Waals surface area contributed by atoms with Gasteiger partial charge in [0.05, 0.1) is 23.9 Å². The molecule has 33 heavy (non-hydrogen) atoms. The fourth-order valence-electron chi connectivity index (χ4n) is 4.34. The second-order valence-electron chi connectivity index (χ2n) is 8.25. The highest BCUT2D eigenvalue weighted by Gasteiger charge is 2.42. The number of hydrogen-bond acceptors (Lipinski definition) is 3. The van der Waals surface area contributed by atoms with Crippen molar-refractivity contribution in [2.75, 3.05) is 20.1 Å². The predicted molar refractivity (Wildman–Crippen MR) is 126 cm³/mol. The standard InChI is InChI=1S/C27H25N3O3/c1-29-23-18-30(16-15-19-9-4-2-5-10-19)26(31)24(23)25(28-27(29)32)20-11-8-14-22(17-20)33-21-12-6-3-7-13-21/h2-14,17,25H,15-16,18H2,1H3,(H,28,32). The maximum atomic E-state index is 13.4. The Morgan fingerprint density at radius 3 is 2.36 bits per heavy atom. The summed E-state index contributed by atoms with van der Waals surface area (Å²) in [4.78, 5) is 29.5. The van der Waals surface area contributed by atoms with E-state index in [0.29, 0.717) is 24.4 Å². The number of carbonyl (C=O) groups is 2. The summed E-state index contributed by atoms with van der Waals surface area (Å²) < 4.78 is 5.97. The lowest BCUT2D eigenvalue weighted by Gasteiger charge is -2.31. The van der Waals surface area contributed by atoms with Gasteiger partial charge in [0.15, 0.2) is 0 Å². The highest BCUT2D eigenvalue weighted by Crippen LogP contribution is 2.37. The lowest BCUT2D eigenvalue weighted by molar-refractivity contribution is -0.125. The molecule has 2 aliphatic heterocycles. The number of rotatable bonds is 6. The van der Waals surface area contributed by atoms with E-state index < -0.39 is 6.04 Å². The van der Waals surface area contributed by atoms with Crippen LogP contribution in [0, 0.1) is 0 Å². The Morgan fingerprint density at radius 1 is 0.909 bits per heavy atom. The zero-order chi connectivity index (χ0) is 22.8. The average Bonchev–Trinajstić information content (AvgIpc) is 3.18. The number of urea groups is 1. The number of ether oxygens (including phenoxy) is 1. The van der Waals surface area contributed by atoms with Gasteiger partial charge >= 0.3 is 6.03 Å². The topological polar surface area (TPSA) is 61.9 Å². The van der Waals surface area contributed by atoms with Crippen molar-refractivity contribution in [3.05, 3.63) is 107 Å². The van der Waals surface area contributed by atoms with Gasteiger partial charge in [0.1, 0.15) is 11.5 Å². The lowest BCUT2D eigenvalue weighted by atomic mass is 9.95. The smallest absolute Gasteiger partial charge is 0.322 e. The van der Waals surface area contributed by atoms with Crippen molar-refractivity contribution in [3.8, 4) is 11.5 Å². The van der Waals surface area contributed by atoms with Gasteiger partial charge in [-0.3, -0.25) is 9.69 Å². The van der Waals surface area contributed by atoms with Crippen molar-refractivity contribution in [2.24, 2.45) is 0 Å². The second kappa shape index (κ2) is 8.82. The molecular formula is C27H25N3O3. The molecule has 5 rings (SSSR count). The second-order valence-corrected chi connectivity index (χ2v) is 8.25. The first kappa shape index (κ1) is 20.8. The molecule has 2 heterocycles. The molecule has 0 bridgehead atoms. The first-order valence-corrected chi connectivity index (χ1v) is 11.0. The van der Waals surface area contributed by atoms with Crippen molar-refractivity contribution < 1.29 is 14.3 Å². The summed E-state index contributed by atoms with van der Waals surface area (Å²) in [6.07, 6.45) is 0.767. The third-order valence-electron chi connectivity index (χ3n) is 6.12. The Kier molecular flexibility index (Phi) is 5.57. The molecule has 1 atom stereocenters. The van der Waals surface area contributed by atoms with Crippen LogP contribution in [0.15, 0.2) is 96.2 Å². The Morgan fingerprint density at radius 2 is 1.61 bits per heavy atom. The summed E-state index contributed by atoms with van der Waals surface area (Å²) >= 11 is 0. The monoisotopic (exact) mass is 439 g/mol. The summed E-state index contributed by atoms with van der Waals surface area (Å²) in [5, 5.41) is 3.00. The third-order valence-corrected chi connectivity index (χ3v) is 6.12. The number of nitrogens with one attached hydrogen (secondary N) is 1. The molecule has 166 valence electrons. The van der Waals surface area contributed by atoms with E-state index in [1.165, 1.54) is 5.56 Å².